The predicted octanol–water partition coefficient (Wildman–Crippen LogP) is 3.39. The smallest absolute Gasteiger partial charge is 0.115 e. The third-order valence-electron chi connectivity index (χ3n) is 6.14. The van der Waals surface area contributed by atoms with E-state index in [1.807, 2.05) is 12.1 Å². The summed E-state index contributed by atoms with van der Waals surface area (Å²) < 4.78 is 0. The van der Waals surface area contributed by atoms with Crippen LogP contribution in [0.1, 0.15) is 43.2 Å². The molecule has 3 aliphatic carbocycles. The fourth-order valence-electron chi connectivity index (χ4n) is 4.99. The Balaban J connectivity index is 1.78. The van der Waals surface area contributed by atoms with Crippen molar-refractivity contribution < 1.29 is 10.2 Å². The van der Waals surface area contributed by atoms with Crippen molar-refractivity contribution >= 4 is 0 Å². The first kappa shape index (κ1) is 12.5. The van der Waals surface area contributed by atoms with E-state index >= 15 is 0 Å². The van der Waals surface area contributed by atoms with Gasteiger partial charge in [-0.05, 0) is 60.8 Å². The van der Waals surface area contributed by atoms with Gasteiger partial charge in [-0.3, -0.25) is 0 Å². The molecule has 0 bridgehead atoms. The summed E-state index contributed by atoms with van der Waals surface area (Å²) in [6.07, 6.45) is 8.75. The fourth-order valence-corrected chi connectivity index (χ4v) is 4.99. The highest BCUT2D eigenvalue weighted by molar-refractivity contribution is 5.42. The minimum atomic E-state index is -0.175. The van der Waals surface area contributed by atoms with Gasteiger partial charge in [-0.25, -0.2) is 0 Å². The number of aromatic hydroxyl groups is 1. The molecule has 0 spiro atoms. The molecule has 0 saturated heterocycles. The second kappa shape index (κ2) is 4.11. The topological polar surface area (TPSA) is 40.5 Å². The zero-order chi connectivity index (χ0) is 13.9. The quantitative estimate of drug-likeness (QED) is 0.709. The van der Waals surface area contributed by atoms with Crippen molar-refractivity contribution in [2.75, 3.05) is 0 Å². The van der Waals surface area contributed by atoms with Crippen LogP contribution in [0.2, 0.25) is 0 Å². The molecular weight excluding hydrogens is 248 g/mol. The molecule has 2 heteroatoms. The van der Waals surface area contributed by atoms with E-state index in [9.17, 15) is 10.2 Å². The number of aryl methyl sites for hydroxylation is 1. The molecule has 2 nitrogen and oxygen atoms in total. The van der Waals surface area contributed by atoms with Crippen molar-refractivity contribution in [1.82, 2.24) is 0 Å². The summed E-state index contributed by atoms with van der Waals surface area (Å²) in [5.74, 6) is 2.11. The largest absolute Gasteiger partial charge is 0.508 e. The van der Waals surface area contributed by atoms with Crippen LogP contribution in [0.25, 0.3) is 0 Å². The van der Waals surface area contributed by atoms with E-state index in [1.165, 1.54) is 17.5 Å². The highest BCUT2D eigenvalue weighted by atomic mass is 16.3. The molecule has 4 rings (SSSR count). The van der Waals surface area contributed by atoms with Crippen molar-refractivity contribution in [3.05, 3.63) is 41.5 Å². The summed E-state index contributed by atoms with van der Waals surface area (Å²) in [7, 11) is 0. The van der Waals surface area contributed by atoms with Gasteiger partial charge in [0.2, 0.25) is 0 Å². The lowest BCUT2D eigenvalue weighted by molar-refractivity contribution is 0.0453. The van der Waals surface area contributed by atoms with Gasteiger partial charge in [0.25, 0.3) is 0 Å². The van der Waals surface area contributed by atoms with Gasteiger partial charge < -0.3 is 10.2 Å². The van der Waals surface area contributed by atoms with Crippen LogP contribution in [0, 0.1) is 17.3 Å². The number of aliphatic hydroxyl groups is 1. The molecule has 20 heavy (non-hydrogen) atoms. The van der Waals surface area contributed by atoms with Crippen LogP contribution in [-0.2, 0) is 6.42 Å². The van der Waals surface area contributed by atoms with Gasteiger partial charge >= 0.3 is 0 Å². The highest BCUT2D eigenvalue weighted by Gasteiger charge is 2.52. The van der Waals surface area contributed by atoms with Crippen LogP contribution in [0.15, 0.2) is 30.4 Å². The predicted molar refractivity (Wildman–Crippen MR) is 78.6 cm³/mol. The Morgan fingerprint density at radius 3 is 2.90 bits per heavy atom. The average Bonchev–Trinajstić information content (AvgIpc) is 2.74. The summed E-state index contributed by atoms with van der Waals surface area (Å²) in [4.78, 5) is 0. The first-order valence-electron chi connectivity index (χ1n) is 7.79. The lowest BCUT2D eigenvalue weighted by Crippen LogP contribution is -2.40. The maximum atomic E-state index is 10.3. The summed E-state index contributed by atoms with van der Waals surface area (Å²) in [5, 5.41) is 20.0. The molecule has 0 unspecified atom stereocenters. The van der Waals surface area contributed by atoms with Crippen molar-refractivity contribution in [2.24, 2.45) is 17.3 Å². The van der Waals surface area contributed by atoms with Gasteiger partial charge in [0.05, 0.1) is 6.10 Å². The Bertz CT molecular complexity index is 577. The molecule has 0 amide bonds. The maximum Gasteiger partial charge on any atom is 0.115 e. The van der Waals surface area contributed by atoms with Crippen molar-refractivity contribution in [1.29, 1.82) is 0 Å². The Labute approximate surface area is 120 Å². The van der Waals surface area contributed by atoms with Gasteiger partial charge in [0.15, 0.2) is 0 Å². The van der Waals surface area contributed by atoms with Crippen molar-refractivity contribution in [3.8, 4) is 5.75 Å². The first-order chi connectivity index (χ1) is 9.59. The van der Waals surface area contributed by atoms with Gasteiger partial charge in [-0.2, -0.15) is 0 Å². The third-order valence-corrected chi connectivity index (χ3v) is 6.14. The molecule has 0 aliphatic heterocycles. The molecule has 0 aromatic heterocycles. The van der Waals surface area contributed by atoms with E-state index < -0.39 is 0 Å². The van der Waals surface area contributed by atoms with E-state index in [-0.39, 0.29) is 11.5 Å². The molecule has 1 aromatic rings. The first-order valence-corrected chi connectivity index (χ1v) is 7.79. The summed E-state index contributed by atoms with van der Waals surface area (Å²) in [5.41, 5.74) is 2.67. The molecule has 0 heterocycles. The second-order valence-corrected chi connectivity index (χ2v) is 7.04. The molecular formula is C18H22O2. The molecule has 106 valence electrons. The zero-order valence-electron chi connectivity index (χ0n) is 11.9. The number of hydrogen-bond donors (Lipinski definition) is 2. The van der Waals surface area contributed by atoms with E-state index in [0.717, 1.165) is 19.3 Å². The molecule has 0 radical (unpaired) electrons. The molecule has 3 aliphatic rings. The number of hydrogen-bond acceptors (Lipinski definition) is 2. The number of benzene rings is 1. The van der Waals surface area contributed by atoms with E-state index in [0.29, 0.717) is 23.5 Å². The highest BCUT2D eigenvalue weighted by Crippen LogP contribution is 2.57. The summed E-state index contributed by atoms with van der Waals surface area (Å²) in [6, 6.07) is 5.84. The number of phenolic OH excluding ortho intramolecular Hbond substituents is 1. The number of aliphatic hydroxyl groups excluding tert-OH is 1. The number of fused-ring (bicyclic) bond motifs is 5. The van der Waals surface area contributed by atoms with Gasteiger partial charge in [-0.1, -0.05) is 25.1 Å². The molecule has 1 fully saturated rings. The minimum absolute atomic E-state index is 0.0183. The van der Waals surface area contributed by atoms with Crippen molar-refractivity contribution in [3.63, 3.8) is 0 Å². The Morgan fingerprint density at radius 1 is 1.20 bits per heavy atom. The second-order valence-electron chi connectivity index (χ2n) is 7.04. The Hall–Kier alpha value is -1.28. The lowest BCUT2D eigenvalue weighted by atomic mass is 9.59. The molecule has 2 N–H and O–H groups in total. The summed E-state index contributed by atoms with van der Waals surface area (Å²) in [6.45, 7) is 2.23. The molecule has 1 saturated carbocycles. The van der Waals surface area contributed by atoms with Crippen LogP contribution in [0.5, 0.6) is 5.75 Å². The monoisotopic (exact) mass is 270 g/mol. The van der Waals surface area contributed by atoms with Gasteiger partial charge in [0.1, 0.15) is 5.75 Å². The van der Waals surface area contributed by atoms with E-state index in [2.05, 4.69) is 25.1 Å². The summed E-state index contributed by atoms with van der Waals surface area (Å²) >= 11 is 0. The molecule has 5 atom stereocenters. The van der Waals surface area contributed by atoms with E-state index in [4.69, 9.17) is 0 Å². The van der Waals surface area contributed by atoms with Crippen LogP contribution in [0.4, 0.5) is 0 Å². The number of phenols is 1. The maximum absolute atomic E-state index is 10.3. The molecule has 1 aromatic carbocycles. The van der Waals surface area contributed by atoms with Crippen LogP contribution >= 0.6 is 0 Å². The lowest BCUT2D eigenvalue weighted by Gasteiger charge is -2.46. The normalized spacial score (nSPS) is 41.9. The van der Waals surface area contributed by atoms with E-state index in [1.54, 1.807) is 0 Å². The van der Waals surface area contributed by atoms with Crippen LogP contribution in [-0.4, -0.2) is 16.3 Å². The number of allylic oxidation sites excluding steroid dienone is 1. The van der Waals surface area contributed by atoms with Crippen LogP contribution in [0.3, 0.4) is 0 Å². The van der Waals surface area contributed by atoms with Crippen molar-refractivity contribution in [2.45, 2.75) is 44.6 Å². The van der Waals surface area contributed by atoms with Gasteiger partial charge in [0, 0.05) is 11.3 Å². The van der Waals surface area contributed by atoms with Crippen LogP contribution < -0.4 is 0 Å². The minimum Gasteiger partial charge on any atom is -0.508 e. The standard InChI is InChI=1S/C18H22O2/c1-18-9-8-14-13-5-3-12(19)10-11(13)2-4-15(14)16(18)6-7-17(18)20/h3,5,8-10,14-17,19-20H,2,4,6-7H2,1H3/t14-,15-,16+,17-,18+/m1/s1. The Kier molecular flexibility index (Phi) is 2.56. The van der Waals surface area contributed by atoms with Gasteiger partial charge in [-0.15, -0.1) is 0 Å². The zero-order valence-corrected chi connectivity index (χ0v) is 11.9. The SMILES string of the molecule is C[C@]12C=C[C@@H]3c4ccc(O)cc4CC[C@H]3[C@@H]1CC[C@H]2O. The average molecular weight is 270 g/mol. The fraction of sp³-hybridized carbons (Fsp3) is 0.556. The Morgan fingerprint density at radius 2 is 2.05 bits per heavy atom. The number of rotatable bonds is 0. The third kappa shape index (κ3) is 1.54.